The Morgan fingerprint density at radius 2 is 0.581 bits per heavy atom. The number of piperidine rings is 1. The third-order valence-corrected chi connectivity index (χ3v) is 14.4. The fourth-order valence-corrected chi connectivity index (χ4v) is 9.96. The monoisotopic (exact) mass is 872 g/mol. The fourth-order valence-electron chi connectivity index (χ4n) is 9.96. The van der Waals surface area contributed by atoms with Crippen LogP contribution in [0, 0.1) is 5.92 Å². The van der Waals surface area contributed by atoms with E-state index >= 15 is 0 Å². The van der Waals surface area contributed by atoms with Gasteiger partial charge in [0.25, 0.3) is 0 Å². The number of unbranched alkanes of at least 4 members (excludes halogenated alkanes) is 32. The fraction of sp³-hybridized carbons (Fsp3) is 0.965. The lowest BCUT2D eigenvalue weighted by atomic mass is 9.90. The second kappa shape index (κ2) is 46.6. The lowest BCUT2D eigenvalue weighted by molar-refractivity contribution is -0.135. The molecule has 1 heterocycles. The highest BCUT2D eigenvalue weighted by atomic mass is 16.2. The van der Waals surface area contributed by atoms with Crippen LogP contribution in [-0.2, 0) is 9.59 Å². The van der Waals surface area contributed by atoms with Gasteiger partial charge in [0, 0.05) is 31.8 Å². The maximum absolute atomic E-state index is 13.3. The van der Waals surface area contributed by atoms with Gasteiger partial charge in [-0.25, -0.2) is 0 Å². The molecule has 0 radical (unpaired) electrons. The van der Waals surface area contributed by atoms with E-state index in [-0.39, 0.29) is 5.92 Å². The molecule has 5 nitrogen and oxygen atoms in total. The third kappa shape index (κ3) is 37.3. The van der Waals surface area contributed by atoms with E-state index in [9.17, 15) is 9.59 Å². The standard InChI is InChI=1S/C57H113N3O2/c1-5-9-13-17-21-25-30-37-47-58(48-38-31-26-22-18-14-10-6-2)51-41-34-29-35-44-57(62)60-53-45-55(46-54-60)56(61)43-36-42-52-59(49-39-32-27-23-19-15-11-7-3)50-40-33-28-24-20-16-12-8-4/h55H,5-54H2,1-4H3. The van der Waals surface area contributed by atoms with Gasteiger partial charge in [0.15, 0.2) is 0 Å². The molecule has 0 atom stereocenters. The number of carbonyl (C=O) groups is 2. The second-order valence-corrected chi connectivity index (χ2v) is 20.3. The van der Waals surface area contributed by atoms with Crippen molar-refractivity contribution in [3.05, 3.63) is 0 Å². The Hall–Kier alpha value is -0.940. The van der Waals surface area contributed by atoms with Gasteiger partial charge in [-0.1, -0.05) is 220 Å². The number of nitrogens with zero attached hydrogens (tertiary/aromatic N) is 3. The van der Waals surface area contributed by atoms with E-state index in [1.165, 1.54) is 257 Å². The average Bonchev–Trinajstić information content (AvgIpc) is 3.29. The van der Waals surface area contributed by atoms with Gasteiger partial charge in [-0.05, 0) is 103 Å². The summed E-state index contributed by atoms with van der Waals surface area (Å²) in [6, 6.07) is 0. The highest BCUT2D eigenvalue weighted by molar-refractivity contribution is 5.81. The van der Waals surface area contributed by atoms with Crippen LogP contribution in [0.3, 0.4) is 0 Å². The van der Waals surface area contributed by atoms with Crippen molar-refractivity contribution in [3.63, 3.8) is 0 Å². The molecule has 1 aliphatic rings. The predicted octanol–water partition coefficient (Wildman–Crippen LogP) is 17.1. The number of amides is 1. The molecule has 0 aromatic carbocycles. The smallest absolute Gasteiger partial charge is 0.222 e. The van der Waals surface area contributed by atoms with Crippen molar-refractivity contribution >= 4 is 11.7 Å². The average molecular weight is 873 g/mol. The molecular formula is C57H113N3O2. The Morgan fingerprint density at radius 1 is 0.339 bits per heavy atom. The van der Waals surface area contributed by atoms with Gasteiger partial charge in [0.1, 0.15) is 5.78 Å². The number of Topliss-reactive ketones (excluding diaryl/α,β-unsaturated/α-hetero) is 1. The first kappa shape index (κ1) is 59.1. The molecule has 0 spiro atoms. The molecule has 0 bridgehead atoms. The minimum Gasteiger partial charge on any atom is -0.343 e. The quantitative estimate of drug-likeness (QED) is 0.0571. The lowest BCUT2D eigenvalue weighted by Gasteiger charge is -2.31. The minimum atomic E-state index is 0.171. The van der Waals surface area contributed by atoms with Crippen LogP contribution in [0.1, 0.15) is 297 Å². The molecule has 1 fully saturated rings. The van der Waals surface area contributed by atoms with Crippen LogP contribution < -0.4 is 0 Å². The van der Waals surface area contributed by atoms with E-state index in [0.717, 1.165) is 58.2 Å². The molecule has 1 aliphatic heterocycles. The van der Waals surface area contributed by atoms with E-state index in [4.69, 9.17) is 0 Å². The molecule has 1 rings (SSSR count). The highest BCUT2D eigenvalue weighted by Gasteiger charge is 2.26. The van der Waals surface area contributed by atoms with Crippen molar-refractivity contribution in [2.24, 2.45) is 5.92 Å². The third-order valence-electron chi connectivity index (χ3n) is 14.4. The van der Waals surface area contributed by atoms with Gasteiger partial charge in [0.2, 0.25) is 5.91 Å². The zero-order chi connectivity index (χ0) is 44.8. The minimum absolute atomic E-state index is 0.171. The Balaban J connectivity index is 2.29. The summed E-state index contributed by atoms with van der Waals surface area (Å²) in [5.41, 5.74) is 0. The number of ketones is 1. The molecule has 1 saturated heterocycles. The summed E-state index contributed by atoms with van der Waals surface area (Å²) < 4.78 is 0. The van der Waals surface area contributed by atoms with Gasteiger partial charge < -0.3 is 14.7 Å². The van der Waals surface area contributed by atoms with Crippen molar-refractivity contribution in [1.29, 1.82) is 0 Å². The summed E-state index contributed by atoms with van der Waals surface area (Å²) in [6.45, 7) is 18.2. The number of carbonyl (C=O) groups excluding carboxylic acids is 2. The molecule has 0 aliphatic carbocycles. The number of hydrogen-bond acceptors (Lipinski definition) is 4. The molecule has 0 aromatic heterocycles. The van der Waals surface area contributed by atoms with Gasteiger partial charge in [-0.15, -0.1) is 0 Å². The van der Waals surface area contributed by atoms with Crippen molar-refractivity contribution in [2.45, 2.75) is 297 Å². The normalized spacial score (nSPS) is 13.6. The Bertz CT molecular complexity index is 893. The van der Waals surface area contributed by atoms with Gasteiger partial charge in [0.05, 0.1) is 0 Å². The molecule has 368 valence electrons. The van der Waals surface area contributed by atoms with E-state index in [2.05, 4.69) is 42.4 Å². The maximum Gasteiger partial charge on any atom is 0.222 e. The van der Waals surface area contributed by atoms with E-state index in [0.29, 0.717) is 18.1 Å². The Morgan fingerprint density at radius 3 is 0.887 bits per heavy atom. The number of rotatable bonds is 49. The molecule has 62 heavy (non-hydrogen) atoms. The first-order valence-electron chi connectivity index (χ1n) is 28.8. The van der Waals surface area contributed by atoms with Crippen LogP contribution in [0.15, 0.2) is 0 Å². The zero-order valence-electron chi connectivity index (χ0n) is 43.1. The SMILES string of the molecule is CCCCCCCCCCN(CCCCCCCCCC)CCCCCCC(=O)N1CCC(C(=O)CCCCN(CCCCCCCCCC)CCCCCCCCCC)CC1. The van der Waals surface area contributed by atoms with Crippen molar-refractivity contribution < 1.29 is 9.59 Å². The molecule has 0 unspecified atom stereocenters. The zero-order valence-corrected chi connectivity index (χ0v) is 43.1. The molecule has 0 N–H and O–H groups in total. The van der Waals surface area contributed by atoms with Gasteiger partial charge in [-0.2, -0.15) is 0 Å². The lowest BCUT2D eigenvalue weighted by Crippen LogP contribution is -2.40. The van der Waals surface area contributed by atoms with Gasteiger partial charge in [-0.3, -0.25) is 9.59 Å². The first-order chi connectivity index (χ1) is 30.5. The van der Waals surface area contributed by atoms with Crippen LogP contribution in [0.5, 0.6) is 0 Å². The summed E-state index contributed by atoms with van der Waals surface area (Å²) in [6.07, 6.45) is 54.5. The highest BCUT2D eigenvalue weighted by Crippen LogP contribution is 2.22. The summed E-state index contributed by atoms with van der Waals surface area (Å²) in [5, 5.41) is 0. The van der Waals surface area contributed by atoms with Gasteiger partial charge >= 0.3 is 0 Å². The second-order valence-electron chi connectivity index (χ2n) is 20.3. The van der Waals surface area contributed by atoms with Crippen molar-refractivity contribution in [2.75, 3.05) is 52.4 Å². The first-order valence-corrected chi connectivity index (χ1v) is 28.8. The Labute approximate surface area is 390 Å². The van der Waals surface area contributed by atoms with E-state index in [1.807, 2.05) is 0 Å². The summed E-state index contributed by atoms with van der Waals surface area (Å²) in [5.74, 6) is 0.966. The van der Waals surface area contributed by atoms with Crippen LogP contribution in [0.2, 0.25) is 0 Å². The molecular weight excluding hydrogens is 759 g/mol. The summed E-state index contributed by atoms with van der Waals surface area (Å²) in [7, 11) is 0. The summed E-state index contributed by atoms with van der Waals surface area (Å²) in [4.78, 5) is 34.0. The molecule has 0 aromatic rings. The number of likely N-dealkylation sites (tertiary alicyclic amines) is 1. The molecule has 5 heteroatoms. The van der Waals surface area contributed by atoms with Crippen molar-refractivity contribution in [1.82, 2.24) is 14.7 Å². The Kier molecular flexibility index (Phi) is 44.4. The van der Waals surface area contributed by atoms with Crippen LogP contribution in [0.25, 0.3) is 0 Å². The van der Waals surface area contributed by atoms with Crippen LogP contribution in [-0.4, -0.2) is 78.7 Å². The van der Waals surface area contributed by atoms with Crippen LogP contribution in [0.4, 0.5) is 0 Å². The largest absolute Gasteiger partial charge is 0.343 e. The molecule has 1 amide bonds. The maximum atomic E-state index is 13.3. The number of hydrogen-bond donors (Lipinski definition) is 0. The van der Waals surface area contributed by atoms with E-state index < -0.39 is 0 Å². The topological polar surface area (TPSA) is 43.9 Å². The van der Waals surface area contributed by atoms with E-state index in [1.54, 1.807) is 0 Å². The predicted molar refractivity (Wildman–Crippen MR) is 275 cm³/mol. The van der Waals surface area contributed by atoms with Crippen LogP contribution >= 0.6 is 0 Å². The molecule has 0 saturated carbocycles. The summed E-state index contributed by atoms with van der Waals surface area (Å²) >= 11 is 0. The van der Waals surface area contributed by atoms with Crippen molar-refractivity contribution in [3.8, 4) is 0 Å².